The third-order valence-electron chi connectivity index (χ3n) is 4.00. The first-order valence-electron chi connectivity index (χ1n) is 8.00. The molecule has 0 spiro atoms. The number of nitrogens with zero attached hydrogens (tertiary/aromatic N) is 2. The van der Waals surface area contributed by atoms with Gasteiger partial charge in [0.05, 0.1) is 11.8 Å². The Labute approximate surface area is 144 Å². The molecule has 1 atom stereocenters. The van der Waals surface area contributed by atoms with Gasteiger partial charge in [-0.15, -0.1) is 0 Å². The molecule has 0 aliphatic carbocycles. The maximum absolute atomic E-state index is 12.2. The number of hydrogen-bond acceptors (Lipinski definition) is 6. The highest BCUT2D eigenvalue weighted by atomic mass is 32.2. The SMILES string of the molecule is COCC(=O)Nc1c2c(nn1CC(=O)NC[C@H]1CCCO1)CSC2. The van der Waals surface area contributed by atoms with E-state index in [1.54, 1.807) is 16.4 Å². The van der Waals surface area contributed by atoms with E-state index in [-0.39, 0.29) is 31.1 Å². The molecule has 1 fully saturated rings. The summed E-state index contributed by atoms with van der Waals surface area (Å²) in [6.45, 7) is 1.33. The van der Waals surface area contributed by atoms with Gasteiger partial charge in [0.2, 0.25) is 5.91 Å². The van der Waals surface area contributed by atoms with Gasteiger partial charge >= 0.3 is 0 Å². The molecule has 2 aliphatic rings. The van der Waals surface area contributed by atoms with Gasteiger partial charge in [0.1, 0.15) is 19.0 Å². The van der Waals surface area contributed by atoms with Crippen molar-refractivity contribution in [1.29, 1.82) is 0 Å². The van der Waals surface area contributed by atoms with E-state index in [0.29, 0.717) is 12.4 Å². The fourth-order valence-corrected chi connectivity index (χ4v) is 3.88. The smallest absolute Gasteiger partial charge is 0.251 e. The molecule has 0 radical (unpaired) electrons. The van der Waals surface area contributed by atoms with Gasteiger partial charge in [0, 0.05) is 37.3 Å². The number of nitrogens with one attached hydrogen (secondary N) is 2. The Hall–Kier alpha value is -1.58. The molecule has 24 heavy (non-hydrogen) atoms. The van der Waals surface area contributed by atoms with Crippen molar-refractivity contribution in [2.75, 3.05) is 32.2 Å². The van der Waals surface area contributed by atoms with Crippen molar-refractivity contribution in [2.24, 2.45) is 0 Å². The normalized spacial score (nSPS) is 19.3. The van der Waals surface area contributed by atoms with E-state index in [1.165, 1.54) is 7.11 Å². The van der Waals surface area contributed by atoms with Gasteiger partial charge in [-0.25, -0.2) is 4.68 Å². The molecule has 0 aromatic carbocycles. The first-order valence-corrected chi connectivity index (χ1v) is 9.16. The fourth-order valence-electron chi connectivity index (χ4n) is 2.84. The number of carbonyl (C=O) groups is 2. The molecule has 0 saturated carbocycles. The molecule has 1 saturated heterocycles. The van der Waals surface area contributed by atoms with Crippen LogP contribution < -0.4 is 10.6 Å². The third-order valence-corrected chi connectivity index (χ3v) is 4.97. The molecule has 1 aromatic rings. The predicted molar refractivity (Wildman–Crippen MR) is 89.7 cm³/mol. The maximum atomic E-state index is 12.2. The molecule has 2 aliphatic heterocycles. The van der Waals surface area contributed by atoms with Crippen LogP contribution in [-0.4, -0.2) is 54.6 Å². The first-order chi connectivity index (χ1) is 11.7. The largest absolute Gasteiger partial charge is 0.376 e. The van der Waals surface area contributed by atoms with Crippen LogP contribution in [-0.2, 0) is 37.1 Å². The number of aromatic nitrogens is 2. The highest BCUT2D eigenvalue weighted by Gasteiger charge is 2.25. The lowest BCUT2D eigenvalue weighted by atomic mass is 10.2. The second kappa shape index (κ2) is 8.00. The van der Waals surface area contributed by atoms with Gasteiger partial charge < -0.3 is 20.1 Å². The van der Waals surface area contributed by atoms with E-state index in [0.717, 1.165) is 42.2 Å². The fraction of sp³-hybridized carbons (Fsp3) is 0.667. The molecule has 0 unspecified atom stereocenters. The van der Waals surface area contributed by atoms with Gasteiger partial charge in [-0.2, -0.15) is 16.9 Å². The summed E-state index contributed by atoms with van der Waals surface area (Å²) in [5, 5.41) is 10.2. The van der Waals surface area contributed by atoms with Crippen molar-refractivity contribution in [3.63, 3.8) is 0 Å². The summed E-state index contributed by atoms with van der Waals surface area (Å²) in [7, 11) is 1.47. The van der Waals surface area contributed by atoms with Crippen molar-refractivity contribution in [3.05, 3.63) is 11.3 Å². The molecule has 3 heterocycles. The Kier molecular flexibility index (Phi) is 5.75. The van der Waals surface area contributed by atoms with Crippen molar-refractivity contribution in [3.8, 4) is 0 Å². The zero-order valence-corrected chi connectivity index (χ0v) is 14.5. The van der Waals surface area contributed by atoms with Crippen molar-refractivity contribution in [1.82, 2.24) is 15.1 Å². The van der Waals surface area contributed by atoms with Crippen molar-refractivity contribution in [2.45, 2.75) is 37.0 Å². The third kappa shape index (κ3) is 4.08. The van der Waals surface area contributed by atoms with Crippen molar-refractivity contribution >= 4 is 29.4 Å². The van der Waals surface area contributed by atoms with E-state index in [4.69, 9.17) is 9.47 Å². The summed E-state index contributed by atoms with van der Waals surface area (Å²) >= 11 is 1.74. The number of amides is 2. The van der Waals surface area contributed by atoms with E-state index in [1.807, 2.05) is 0 Å². The maximum Gasteiger partial charge on any atom is 0.251 e. The molecular formula is C15H22N4O4S. The Morgan fingerprint density at radius 1 is 1.42 bits per heavy atom. The first kappa shape index (κ1) is 17.2. The quantitative estimate of drug-likeness (QED) is 0.741. The number of fused-ring (bicyclic) bond motifs is 1. The summed E-state index contributed by atoms with van der Waals surface area (Å²) in [5.74, 6) is 1.80. The highest BCUT2D eigenvalue weighted by molar-refractivity contribution is 7.98. The average molecular weight is 354 g/mol. The molecule has 3 rings (SSSR count). The summed E-state index contributed by atoms with van der Waals surface area (Å²) in [6.07, 6.45) is 2.12. The topological polar surface area (TPSA) is 94.5 Å². The number of thioether (sulfide) groups is 1. The molecule has 9 heteroatoms. The van der Waals surface area contributed by atoms with Crippen LogP contribution >= 0.6 is 11.8 Å². The lowest BCUT2D eigenvalue weighted by molar-refractivity contribution is -0.122. The van der Waals surface area contributed by atoms with E-state index < -0.39 is 0 Å². The number of methoxy groups -OCH3 is 1. The molecule has 132 valence electrons. The zero-order valence-electron chi connectivity index (χ0n) is 13.7. The van der Waals surface area contributed by atoms with Gasteiger partial charge in [-0.1, -0.05) is 0 Å². The standard InChI is InChI=1S/C15H22N4O4S/c1-22-7-14(21)17-15-11-8-24-9-12(11)18-19(15)6-13(20)16-5-10-3-2-4-23-10/h10H,2-9H2,1H3,(H,16,20)(H,17,21)/t10-/m1/s1. The van der Waals surface area contributed by atoms with Crippen LogP contribution in [0.4, 0.5) is 5.82 Å². The predicted octanol–water partition coefficient (Wildman–Crippen LogP) is 0.510. The van der Waals surface area contributed by atoms with Crippen LogP contribution in [0.1, 0.15) is 24.1 Å². The lowest BCUT2D eigenvalue weighted by Gasteiger charge is -2.13. The summed E-state index contributed by atoms with van der Waals surface area (Å²) < 4.78 is 11.9. The number of rotatable bonds is 7. The molecule has 2 amide bonds. The minimum atomic E-state index is -0.252. The lowest BCUT2D eigenvalue weighted by Crippen LogP contribution is -2.34. The molecule has 0 bridgehead atoms. The molecule has 8 nitrogen and oxygen atoms in total. The van der Waals surface area contributed by atoms with Crippen LogP contribution in [0.25, 0.3) is 0 Å². The van der Waals surface area contributed by atoms with Gasteiger partial charge in [-0.05, 0) is 12.8 Å². The van der Waals surface area contributed by atoms with Crippen molar-refractivity contribution < 1.29 is 19.1 Å². The summed E-state index contributed by atoms with van der Waals surface area (Å²) in [4.78, 5) is 24.0. The minimum absolute atomic E-state index is 0.0295. The van der Waals surface area contributed by atoms with Crippen LogP contribution in [0.15, 0.2) is 0 Å². The Morgan fingerprint density at radius 2 is 2.29 bits per heavy atom. The van der Waals surface area contributed by atoms with E-state index in [9.17, 15) is 9.59 Å². The monoisotopic (exact) mass is 354 g/mol. The summed E-state index contributed by atoms with van der Waals surface area (Å²) in [6, 6.07) is 0. The molecule has 1 aromatic heterocycles. The van der Waals surface area contributed by atoms with Gasteiger partial charge in [0.25, 0.3) is 5.91 Å². The van der Waals surface area contributed by atoms with Crippen LogP contribution in [0, 0.1) is 0 Å². The van der Waals surface area contributed by atoms with E-state index >= 15 is 0 Å². The number of anilines is 1. The van der Waals surface area contributed by atoms with Gasteiger partial charge in [-0.3, -0.25) is 9.59 Å². The minimum Gasteiger partial charge on any atom is -0.376 e. The van der Waals surface area contributed by atoms with Crippen LogP contribution in [0.5, 0.6) is 0 Å². The number of hydrogen-bond donors (Lipinski definition) is 2. The van der Waals surface area contributed by atoms with E-state index in [2.05, 4.69) is 15.7 Å². The summed E-state index contributed by atoms with van der Waals surface area (Å²) in [5.41, 5.74) is 1.93. The molecular weight excluding hydrogens is 332 g/mol. The van der Waals surface area contributed by atoms with Crippen LogP contribution in [0.2, 0.25) is 0 Å². The second-order valence-corrected chi connectivity index (χ2v) is 6.83. The van der Waals surface area contributed by atoms with Crippen LogP contribution in [0.3, 0.4) is 0 Å². The van der Waals surface area contributed by atoms with Gasteiger partial charge in [0.15, 0.2) is 0 Å². The number of carbonyl (C=O) groups excluding carboxylic acids is 2. The Balaban J connectivity index is 1.63. The highest BCUT2D eigenvalue weighted by Crippen LogP contribution is 2.34. The average Bonchev–Trinajstić information content (AvgIpc) is 3.26. The molecule has 2 N–H and O–H groups in total. The number of ether oxygens (including phenoxy) is 2. The Morgan fingerprint density at radius 3 is 3.04 bits per heavy atom. The Bertz CT molecular complexity index is 613. The zero-order chi connectivity index (χ0) is 16.9. The second-order valence-electron chi connectivity index (χ2n) is 5.84.